The van der Waals surface area contributed by atoms with Gasteiger partial charge in [-0.1, -0.05) is 0 Å². The molecule has 0 radical (unpaired) electrons. The van der Waals surface area contributed by atoms with Crippen molar-refractivity contribution in [2.45, 2.75) is 20.4 Å². The Bertz CT molecular complexity index is 301. The zero-order valence-electron chi connectivity index (χ0n) is 8.18. The molecule has 0 aliphatic carbocycles. The average Bonchev–Trinajstić information content (AvgIpc) is 2.48. The summed E-state index contributed by atoms with van der Waals surface area (Å²) in [5.41, 5.74) is 1.92. The lowest BCUT2D eigenvalue weighted by atomic mass is 10.4. The number of nitrogens with one attached hydrogen (secondary N) is 3. The van der Waals surface area contributed by atoms with Crippen LogP contribution in [-0.4, -0.2) is 22.8 Å². The lowest BCUT2D eigenvalue weighted by Crippen LogP contribution is -2.25. The molecule has 0 spiro atoms. The van der Waals surface area contributed by atoms with Crippen molar-refractivity contribution < 1.29 is 0 Å². The summed E-state index contributed by atoms with van der Waals surface area (Å²) < 4.78 is 1.88. The summed E-state index contributed by atoms with van der Waals surface area (Å²) in [5.74, 6) is 0.277. The maximum Gasteiger partial charge on any atom is 0.192 e. The number of hydrogen-bond donors (Lipinski definition) is 3. The van der Waals surface area contributed by atoms with E-state index in [2.05, 4.69) is 15.7 Å². The lowest BCUT2D eigenvalue weighted by Gasteiger charge is -2.06. The first-order valence-corrected chi connectivity index (χ1v) is 4.24. The Hall–Kier alpha value is -1.52. The van der Waals surface area contributed by atoms with Crippen molar-refractivity contribution in [2.75, 3.05) is 12.4 Å². The van der Waals surface area contributed by atoms with Crippen LogP contribution < -0.4 is 10.6 Å². The van der Waals surface area contributed by atoms with Crippen molar-refractivity contribution in [3.63, 3.8) is 0 Å². The Labute approximate surface area is 77.6 Å². The van der Waals surface area contributed by atoms with Crippen LogP contribution in [-0.2, 0) is 6.54 Å². The number of hydrogen-bond acceptors (Lipinski definition) is 2. The molecule has 0 fully saturated rings. The molecule has 1 rings (SSSR count). The molecule has 1 heterocycles. The van der Waals surface area contributed by atoms with Gasteiger partial charge in [0.05, 0.1) is 17.6 Å². The normalized spacial score (nSPS) is 9.77. The fourth-order valence-electron chi connectivity index (χ4n) is 1.09. The Kier molecular flexibility index (Phi) is 2.89. The van der Waals surface area contributed by atoms with E-state index in [-0.39, 0.29) is 5.96 Å². The van der Waals surface area contributed by atoms with Gasteiger partial charge in [0.1, 0.15) is 0 Å². The molecule has 3 N–H and O–H groups in total. The van der Waals surface area contributed by atoms with Crippen LogP contribution in [0, 0.1) is 12.3 Å². The van der Waals surface area contributed by atoms with Crippen molar-refractivity contribution in [2.24, 2.45) is 0 Å². The highest BCUT2D eigenvalue weighted by atomic mass is 15.3. The van der Waals surface area contributed by atoms with E-state index in [0.717, 1.165) is 17.9 Å². The summed E-state index contributed by atoms with van der Waals surface area (Å²) >= 11 is 0. The average molecular weight is 181 g/mol. The summed E-state index contributed by atoms with van der Waals surface area (Å²) in [6.45, 7) is 4.86. The van der Waals surface area contributed by atoms with Gasteiger partial charge in [-0.05, 0) is 13.8 Å². The summed E-state index contributed by atoms with van der Waals surface area (Å²) in [4.78, 5) is 0. The number of aromatic nitrogens is 2. The molecule has 0 saturated carbocycles. The van der Waals surface area contributed by atoms with Crippen LogP contribution in [0.5, 0.6) is 0 Å². The number of anilines is 1. The zero-order chi connectivity index (χ0) is 9.84. The second-order valence-corrected chi connectivity index (χ2v) is 2.71. The molecule has 0 saturated heterocycles. The van der Waals surface area contributed by atoms with Gasteiger partial charge in [0.15, 0.2) is 5.96 Å². The summed E-state index contributed by atoms with van der Waals surface area (Å²) in [6.07, 6.45) is 1.73. The van der Waals surface area contributed by atoms with Crippen LogP contribution in [0.2, 0.25) is 0 Å². The predicted octanol–water partition coefficient (Wildman–Crippen LogP) is 0.777. The van der Waals surface area contributed by atoms with Gasteiger partial charge in [-0.3, -0.25) is 10.1 Å². The van der Waals surface area contributed by atoms with E-state index in [0.29, 0.717) is 0 Å². The number of aryl methyl sites for hydroxylation is 1. The van der Waals surface area contributed by atoms with Gasteiger partial charge in [0, 0.05) is 13.6 Å². The van der Waals surface area contributed by atoms with Gasteiger partial charge in [-0.15, -0.1) is 0 Å². The maximum atomic E-state index is 7.38. The number of rotatable bonds is 2. The fourth-order valence-corrected chi connectivity index (χ4v) is 1.09. The summed E-state index contributed by atoms with van der Waals surface area (Å²) in [5, 5.41) is 17.1. The van der Waals surface area contributed by atoms with E-state index in [1.165, 1.54) is 0 Å². The predicted molar refractivity (Wildman–Crippen MR) is 53.0 cm³/mol. The van der Waals surface area contributed by atoms with Crippen molar-refractivity contribution >= 4 is 11.6 Å². The molecule has 0 amide bonds. The summed E-state index contributed by atoms with van der Waals surface area (Å²) in [7, 11) is 1.70. The first-order valence-electron chi connectivity index (χ1n) is 4.24. The van der Waals surface area contributed by atoms with Crippen molar-refractivity contribution in [1.29, 1.82) is 5.41 Å². The Morgan fingerprint density at radius 2 is 2.38 bits per heavy atom. The number of nitrogens with zero attached hydrogens (tertiary/aromatic N) is 2. The molecule has 0 aliphatic rings. The van der Waals surface area contributed by atoms with Crippen LogP contribution in [0.3, 0.4) is 0 Å². The van der Waals surface area contributed by atoms with Crippen LogP contribution in [0.1, 0.15) is 12.6 Å². The third kappa shape index (κ3) is 1.99. The first-order chi connectivity index (χ1) is 6.19. The quantitative estimate of drug-likeness (QED) is 0.466. The summed E-state index contributed by atoms with van der Waals surface area (Å²) in [6, 6.07) is 0. The van der Waals surface area contributed by atoms with E-state index < -0.39 is 0 Å². The van der Waals surface area contributed by atoms with Gasteiger partial charge in [-0.2, -0.15) is 5.10 Å². The van der Waals surface area contributed by atoms with Crippen LogP contribution >= 0.6 is 0 Å². The Morgan fingerprint density at radius 1 is 1.69 bits per heavy atom. The molecule has 5 heteroatoms. The monoisotopic (exact) mass is 181 g/mol. The lowest BCUT2D eigenvalue weighted by molar-refractivity contribution is 0.640. The third-order valence-corrected chi connectivity index (χ3v) is 1.91. The second kappa shape index (κ2) is 3.93. The molecule has 0 atom stereocenters. The largest absolute Gasteiger partial charge is 0.359 e. The molecular weight excluding hydrogens is 166 g/mol. The molecule has 1 aromatic rings. The van der Waals surface area contributed by atoms with Gasteiger partial charge >= 0.3 is 0 Å². The molecule has 0 aromatic carbocycles. The van der Waals surface area contributed by atoms with Gasteiger partial charge in [-0.25, -0.2) is 0 Å². The van der Waals surface area contributed by atoms with Gasteiger partial charge in [0.25, 0.3) is 0 Å². The molecule has 13 heavy (non-hydrogen) atoms. The molecule has 72 valence electrons. The van der Waals surface area contributed by atoms with E-state index in [9.17, 15) is 0 Å². The highest BCUT2D eigenvalue weighted by Gasteiger charge is 2.04. The third-order valence-electron chi connectivity index (χ3n) is 1.91. The molecule has 0 bridgehead atoms. The molecule has 0 aliphatic heterocycles. The minimum atomic E-state index is 0.277. The van der Waals surface area contributed by atoms with Crippen LogP contribution in [0.15, 0.2) is 6.20 Å². The van der Waals surface area contributed by atoms with E-state index in [1.807, 2.05) is 18.5 Å². The Morgan fingerprint density at radius 3 is 2.85 bits per heavy atom. The SMILES string of the molecule is CCn1ncc(NC(=N)NC)c1C. The van der Waals surface area contributed by atoms with Crippen LogP contribution in [0.4, 0.5) is 5.69 Å². The minimum Gasteiger partial charge on any atom is -0.359 e. The standard InChI is InChI=1S/C8H15N5/c1-4-13-6(2)7(5-11-13)12-8(9)10-3/h5H,4H2,1-3H3,(H3,9,10,12). The van der Waals surface area contributed by atoms with Crippen LogP contribution in [0.25, 0.3) is 0 Å². The maximum absolute atomic E-state index is 7.38. The number of guanidine groups is 1. The van der Waals surface area contributed by atoms with Gasteiger partial charge in [0.2, 0.25) is 0 Å². The minimum absolute atomic E-state index is 0.277. The van der Waals surface area contributed by atoms with Crippen molar-refractivity contribution in [1.82, 2.24) is 15.1 Å². The van der Waals surface area contributed by atoms with Crippen molar-refractivity contribution in [3.8, 4) is 0 Å². The zero-order valence-corrected chi connectivity index (χ0v) is 8.18. The van der Waals surface area contributed by atoms with Gasteiger partial charge < -0.3 is 10.6 Å². The van der Waals surface area contributed by atoms with E-state index in [1.54, 1.807) is 13.2 Å². The van der Waals surface area contributed by atoms with E-state index in [4.69, 9.17) is 5.41 Å². The Balaban J connectivity index is 2.78. The molecule has 1 aromatic heterocycles. The smallest absolute Gasteiger partial charge is 0.192 e. The second-order valence-electron chi connectivity index (χ2n) is 2.71. The molecule has 5 nitrogen and oxygen atoms in total. The topological polar surface area (TPSA) is 65.7 Å². The molecule has 0 unspecified atom stereocenters. The highest BCUT2D eigenvalue weighted by Crippen LogP contribution is 2.12. The first kappa shape index (κ1) is 9.57. The van der Waals surface area contributed by atoms with E-state index >= 15 is 0 Å². The highest BCUT2D eigenvalue weighted by molar-refractivity contribution is 5.91. The fraction of sp³-hybridized carbons (Fsp3) is 0.500. The molecular formula is C8H15N5. The van der Waals surface area contributed by atoms with Crippen molar-refractivity contribution in [3.05, 3.63) is 11.9 Å².